The average Bonchev–Trinajstić information content (AvgIpc) is 3.14. The van der Waals surface area contributed by atoms with Crippen LogP contribution in [0, 0.1) is 0 Å². The monoisotopic (exact) mass is 365 g/mol. The van der Waals surface area contributed by atoms with E-state index in [0.717, 1.165) is 27.9 Å². The Morgan fingerprint density at radius 2 is 1.54 bits per heavy atom. The average molecular weight is 365 g/mol. The Morgan fingerprint density at radius 1 is 0.857 bits per heavy atom. The number of rotatable bonds is 5. The molecule has 0 unspecified atom stereocenters. The van der Waals surface area contributed by atoms with Gasteiger partial charge in [0.2, 0.25) is 0 Å². The van der Waals surface area contributed by atoms with E-state index in [1.807, 2.05) is 73.9 Å². The molecule has 4 aromatic rings. The van der Waals surface area contributed by atoms with Gasteiger partial charge < -0.3 is 0 Å². The summed E-state index contributed by atoms with van der Waals surface area (Å²) in [5, 5.41) is 4.50. The molecule has 0 saturated carbocycles. The molecule has 4 heteroatoms. The number of allylic oxidation sites excluding steroid dienone is 1. The van der Waals surface area contributed by atoms with Gasteiger partial charge in [-0.3, -0.25) is 14.5 Å². The second-order valence-corrected chi connectivity index (χ2v) is 6.48. The maximum absolute atomic E-state index is 12.6. The summed E-state index contributed by atoms with van der Waals surface area (Å²) in [6.07, 6.45) is 8.78. The van der Waals surface area contributed by atoms with E-state index in [2.05, 4.69) is 22.2 Å². The standard InChI is InChI=1S/C24H19N3O/c1-27-17-22(24(26-27)21-13-15-25-16-14-21)11-12-23(28)20-9-7-19(8-10-20)18-5-3-2-4-6-18/h2-17H,1H3/b12-11+. The molecule has 28 heavy (non-hydrogen) atoms. The first-order valence-electron chi connectivity index (χ1n) is 9.02. The van der Waals surface area contributed by atoms with Gasteiger partial charge in [-0.15, -0.1) is 0 Å². The van der Waals surface area contributed by atoms with Crippen molar-refractivity contribution in [1.29, 1.82) is 0 Å². The number of ketones is 1. The zero-order valence-electron chi connectivity index (χ0n) is 15.5. The van der Waals surface area contributed by atoms with Crippen molar-refractivity contribution in [3.05, 3.63) is 103 Å². The van der Waals surface area contributed by atoms with Crippen molar-refractivity contribution < 1.29 is 4.79 Å². The summed E-state index contributed by atoms with van der Waals surface area (Å²) in [4.78, 5) is 16.6. The van der Waals surface area contributed by atoms with E-state index >= 15 is 0 Å². The first-order valence-corrected chi connectivity index (χ1v) is 9.02. The van der Waals surface area contributed by atoms with Gasteiger partial charge >= 0.3 is 0 Å². The summed E-state index contributed by atoms with van der Waals surface area (Å²) in [6, 6.07) is 21.6. The highest BCUT2D eigenvalue weighted by molar-refractivity contribution is 6.07. The maximum Gasteiger partial charge on any atom is 0.185 e. The molecular weight excluding hydrogens is 346 g/mol. The number of benzene rings is 2. The molecule has 0 aliphatic rings. The van der Waals surface area contributed by atoms with Gasteiger partial charge in [-0.25, -0.2) is 0 Å². The van der Waals surface area contributed by atoms with E-state index in [9.17, 15) is 4.79 Å². The fraction of sp³-hybridized carbons (Fsp3) is 0.0417. The zero-order chi connectivity index (χ0) is 19.3. The summed E-state index contributed by atoms with van der Waals surface area (Å²) in [5.74, 6) is -0.0378. The van der Waals surface area contributed by atoms with E-state index in [-0.39, 0.29) is 5.78 Å². The van der Waals surface area contributed by atoms with Gasteiger partial charge in [0, 0.05) is 42.3 Å². The summed E-state index contributed by atoms with van der Waals surface area (Å²) in [5.41, 5.74) is 5.57. The lowest BCUT2D eigenvalue weighted by atomic mass is 10.0. The van der Waals surface area contributed by atoms with E-state index in [1.165, 1.54) is 0 Å². The molecule has 0 N–H and O–H groups in total. The van der Waals surface area contributed by atoms with Crippen LogP contribution in [-0.4, -0.2) is 20.5 Å². The van der Waals surface area contributed by atoms with E-state index in [4.69, 9.17) is 0 Å². The molecule has 0 aliphatic carbocycles. The van der Waals surface area contributed by atoms with Crippen molar-refractivity contribution >= 4 is 11.9 Å². The lowest BCUT2D eigenvalue weighted by molar-refractivity contribution is 0.104. The Hall–Kier alpha value is -3.79. The van der Waals surface area contributed by atoms with Crippen molar-refractivity contribution in [2.24, 2.45) is 7.05 Å². The number of nitrogens with zero attached hydrogens (tertiary/aromatic N) is 3. The van der Waals surface area contributed by atoms with Gasteiger partial charge in [0.1, 0.15) is 0 Å². The first kappa shape index (κ1) is 17.6. The molecule has 2 heterocycles. The van der Waals surface area contributed by atoms with Crippen molar-refractivity contribution in [2.75, 3.05) is 0 Å². The maximum atomic E-state index is 12.6. The van der Waals surface area contributed by atoms with Crippen LogP contribution in [-0.2, 0) is 7.05 Å². The fourth-order valence-corrected chi connectivity index (χ4v) is 3.08. The predicted molar refractivity (Wildman–Crippen MR) is 112 cm³/mol. The Labute approximate surface area is 163 Å². The number of aromatic nitrogens is 3. The highest BCUT2D eigenvalue weighted by Gasteiger charge is 2.09. The molecule has 0 amide bonds. The van der Waals surface area contributed by atoms with Crippen molar-refractivity contribution in [3.8, 4) is 22.4 Å². The van der Waals surface area contributed by atoms with Gasteiger partial charge in [0.25, 0.3) is 0 Å². The highest BCUT2D eigenvalue weighted by Crippen LogP contribution is 2.23. The van der Waals surface area contributed by atoms with Crippen LogP contribution in [0.15, 0.2) is 91.4 Å². The Balaban J connectivity index is 1.55. The van der Waals surface area contributed by atoms with Gasteiger partial charge in [-0.05, 0) is 35.4 Å². The number of carbonyl (C=O) groups is 1. The number of hydrogen-bond acceptors (Lipinski definition) is 3. The second kappa shape index (κ2) is 7.84. The molecule has 0 saturated heterocycles. The molecule has 0 aliphatic heterocycles. The third-order valence-corrected chi connectivity index (χ3v) is 4.50. The van der Waals surface area contributed by atoms with Crippen LogP contribution in [0.1, 0.15) is 15.9 Å². The smallest absolute Gasteiger partial charge is 0.185 e. The molecule has 4 nitrogen and oxygen atoms in total. The molecule has 0 atom stereocenters. The number of carbonyl (C=O) groups excluding carboxylic acids is 1. The fourth-order valence-electron chi connectivity index (χ4n) is 3.08. The van der Waals surface area contributed by atoms with E-state index in [0.29, 0.717) is 5.56 Å². The van der Waals surface area contributed by atoms with E-state index in [1.54, 1.807) is 23.2 Å². The van der Waals surface area contributed by atoms with Gasteiger partial charge in [-0.1, -0.05) is 54.6 Å². The Morgan fingerprint density at radius 3 is 2.25 bits per heavy atom. The van der Waals surface area contributed by atoms with E-state index < -0.39 is 0 Å². The van der Waals surface area contributed by atoms with Crippen LogP contribution < -0.4 is 0 Å². The predicted octanol–water partition coefficient (Wildman–Crippen LogP) is 5.05. The van der Waals surface area contributed by atoms with Crippen molar-refractivity contribution in [2.45, 2.75) is 0 Å². The molecule has 2 aromatic carbocycles. The topological polar surface area (TPSA) is 47.8 Å². The molecule has 4 rings (SSSR count). The Bertz CT molecular complexity index is 1110. The molecule has 0 spiro atoms. The van der Waals surface area contributed by atoms with Crippen LogP contribution in [0.5, 0.6) is 0 Å². The van der Waals surface area contributed by atoms with Gasteiger partial charge in [-0.2, -0.15) is 5.10 Å². The lowest BCUT2D eigenvalue weighted by Crippen LogP contribution is -1.94. The van der Waals surface area contributed by atoms with Crippen molar-refractivity contribution in [1.82, 2.24) is 14.8 Å². The van der Waals surface area contributed by atoms with Crippen LogP contribution >= 0.6 is 0 Å². The normalized spacial score (nSPS) is 11.0. The largest absolute Gasteiger partial charge is 0.289 e. The highest BCUT2D eigenvalue weighted by atomic mass is 16.1. The minimum atomic E-state index is -0.0378. The van der Waals surface area contributed by atoms with Crippen LogP contribution in [0.3, 0.4) is 0 Å². The van der Waals surface area contributed by atoms with Crippen molar-refractivity contribution in [3.63, 3.8) is 0 Å². The Kier molecular flexibility index (Phi) is 4.93. The minimum Gasteiger partial charge on any atom is -0.289 e. The molecule has 0 radical (unpaired) electrons. The number of pyridine rings is 1. The third-order valence-electron chi connectivity index (χ3n) is 4.50. The molecule has 2 aromatic heterocycles. The number of aryl methyl sites for hydroxylation is 1. The molecule has 136 valence electrons. The minimum absolute atomic E-state index is 0.0378. The second-order valence-electron chi connectivity index (χ2n) is 6.48. The van der Waals surface area contributed by atoms with Gasteiger partial charge in [0.15, 0.2) is 5.78 Å². The quantitative estimate of drug-likeness (QED) is 0.367. The number of hydrogen-bond donors (Lipinski definition) is 0. The molecule has 0 fully saturated rings. The summed E-state index contributed by atoms with van der Waals surface area (Å²) in [6.45, 7) is 0. The van der Waals surface area contributed by atoms with Crippen LogP contribution in [0.4, 0.5) is 0 Å². The first-order chi connectivity index (χ1) is 13.7. The SMILES string of the molecule is Cn1cc(/C=C/C(=O)c2ccc(-c3ccccc3)cc2)c(-c2ccncc2)n1. The third kappa shape index (κ3) is 3.81. The van der Waals surface area contributed by atoms with Crippen LogP contribution in [0.2, 0.25) is 0 Å². The molecule has 0 bridgehead atoms. The summed E-state index contributed by atoms with van der Waals surface area (Å²) in [7, 11) is 1.87. The van der Waals surface area contributed by atoms with Gasteiger partial charge in [0.05, 0.1) is 5.69 Å². The van der Waals surface area contributed by atoms with Crippen LogP contribution in [0.25, 0.3) is 28.5 Å². The zero-order valence-corrected chi connectivity index (χ0v) is 15.5. The summed E-state index contributed by atoms with van der Waals surface area (Å²) >= 11 is 0. The lowest BCUT2D eigenvalue weighted by Gasteiger charge is -2.02. The summed E-state index contributed by atoms with van der Waals surface area (Å²) < 4.78 is 1.74. The molecular formula is C24H19N3O.